The maximum absolute atomic E-state index is 11.9. The molecule has 0 spiro atoms. The lowest BCUT2D eigenvalue weighted by Gasteiger charge is -2.05. The molecule has 128 valence electrons. The number of aliphatic carboxylic acids is 1. The molecule has 0 atom stereocenters. The normalized spacial score (nSPS) is 10.5. The van der Waals surface area contributed by atoms with E-state index in [4.69, 9.17) is 5.11 Å². The number of hydrogen-bond donors (Lipinski definition) is 2. The highest BCUT2D eigenvalue weighted by Crippen LogP contribution is 2.10. The van der Waals surface area contributed by atoms with E-state index >= 15 is 0 Å². The molecule has 0 fully saturated rings. The van der Waals surface area contributed by atoms with E-state index in [1.165, 1.54) is 19.3 Å². The Bertz CT molecular complexity index is 474. The molecular formula is C18H26INO3. The number of hydrogen-bond acceptors (Lipinski definition) is 2. The van der Waals surface area contributed by atoms with Crippen LogP contribution in [0, 0.1) is 3.57 Å². The maximum atomic E-state index is 11.9. The van der Waals surface area contributed by atoms with Gasteiger partial charge in [-0.15, -0.1) is 0 Å². The topological polar surface area (TPSA) is 66.4 Å². The van der Waals surface area contributed by atoms with Crippen molar-refractivity contribution in [2.45, 2.75) is 57.8 Å². The van der Waals surface area contributed by atoms with E-state index in [-0.39, 0.29) is 5.91 Å². The molecule has 23 heavy (non-hydrogen) atoms. The van der Waals surface area contributed by atoms with Crippen molar-refractivity contribution in [2.24, 2.45) is 0 Å². The molecule has 0 unspecified atom stereocenters. The van der Waals surface area contributed by atoms with E-state index in [1.54, 1.807) is 0 Å². The van der Waals surface area contributed by atoms with Crippen LogP contribution in [0.5, 0.6) is 0 Å². The minimum absolute atomic E-state index is 0.000157. The van der Waals surface area contributed by atoms with Gasteiger partial charge in [-0.05, 0) is 59.7 Å². The van der Waals surface area contributed by atoms with Crippen molar-refractivity contribution in [1.29, 1.82) is 0 Å². The fourth-order valence-corrected chi connectivity index (χ4v) is 2.73. The van der Waals surface area contributed by atoms with Crippen LogP contribution >= 0.6 is 22.6 Å². The van der Waals surface area contributed by atoms with Gasteiger partial charge in [-0.1, -0.05) is 38.5 Å². The molecule has 2 N–H and O–H groups in total. The van der Waals surface area contributed by atoms with E-state index < -0.39 is 5.97 Å². The van der Waals surface area contributed by atoms with Crippen LogP contribution in [0.3, 0.4) is 0 Å². The molecule has 0 radical (unpaired) electrons. The summed E-state index contributed by atoms with van der Waals surface area (Å²) < 4.78 is 1.13. The van der Waals surface area contributed by atoms with Crippen LogP contribution in [0.15, 0.2) is 24.3 Å². The Morgan fingerprint density at radius 2 is 1.39 bits per heavy atom. The molecule has 0 bridgehead atoms. The lowest BCUT2D eigenvalue weighted by atomic mass is 10.1. The van der Waals surface area contributed by atoms with Crippen LogP contribution in [-0.2, 0) is 4.79 Å². The van der Waals surface area contributed by atoms with Crippen LogP contribution in [0.4, 0.5) is 0 Å². The lowest BCUT2D eigenvalue weighted by molar-refractivity contribution is -0.137. The van der Waals surface area contributed by atoms with Crippen molar-refractivity contribution < 1.29 is 14.7 Å². The second kappa shape index (κ2) is 12.3. The molecule has 5 heteroatoms. The van der Waals surface area contributed by atoms with Crippen LogP contribution in [-0.4, -0.2) is 23.5 Å². The van der Waals surface area contributed by atoms with E-state index in [0.29, 0.717) is 12.0 Å². The van der Waals surface area contributed by atoms with Crippen molar-refractivity contribution in [3.63, 3.8) is 0 Å². The smallest absolute Gasteiger partial charge is 0.303 e. The Hall–Kier alpha value is -1.11. The Labute approximate surface area is 152 Å². The van der Waals surface area contributed by atoms with Crippen molar-refractivity contribution in [3.8, 4) is 0 Å². The molecule has 1 rings (SSSR count). The van der Waals surface area contributed by atoms with Gasteiger partial charge in [-0.2, -0.15) is 0 Å². The van der Waals surface area contributed by atoms with Gasteiger partial charge < -0.3 is 10.4 Å². The number of halogens is 1. The molecule has 0 aliphatic carbocycles. The zero-order valence-electron chi connectivity index (χ0n) is 13.5. The number of rotatable bonds is 12. The Morgan fingerprint density at radius 3 is 1.96 bits per heavy atom. The fourth-order valence-electron chi connectivity index (χ4n) is 2.37. The summed E-state index contributed by atoms with van der Waals surface area (Å²) in [7, 11) is 0. The number of carboxylic acid groups (broad SMARTS) is 1. The molecule has 1 aromatic carbocycles. The molecule has 0 saturated carbocycles. The van der Waals surface area contributed by atoms with Crippen LogP contribution < -0.4 is 5.32 Å². The minimum Gasteiger partial charge on any atom is -0.481 e. The van der Waals surface area contributed by atoms with E-state index in [2.05, 4.69) is 27.9 Å². The highest BCUT2D eigenvalue weighted by molar-refractivity contribution is 14.1. The molecular weight excluding hydrogens is 405 g/mol. The molecule has 0 aliphatic heterocycles. The van der Waals surface area contributed by atoms with Gasteiger partial charge in [0, 0.05) is 22.1 Å². The van der Waals surface area contributed by atoms with Crippen LogP contribution in [0.1, 0.15) is 68.1 Å². The van der Waals surface area contributed by atoms with Crippen molar-refractivity contribution in [3.05, 3.63) is 33.4 Å². The number of unbranched alkanes of at least 4 members (excludes halogenated alkanes) is 7. The van der Waals surface area contributed by atoms with Gasteiger partial charge in [-0.25, -0.2) is 0 Å². The Balaban J connectivity index is 1.92. The first-order chi connectivity index (χ1) is 11.1. The molecule has 4 nitrogen and oxygen atoms in total. The molecule has 0 aliphatic rings. The first-order valence-corrected chi connectivity index (χ1v) is 9.43. The van der Waals surface area contributed by atoms with Gasteiger partial charge in [0.1, 0.15) is 0 Å². The molecule has 1 aromatic rings. The van der Waals surface area contributed by atoms with Crippen molar-refractivity contribution >= 4 is 34.5 Å². The summed E-state index contributed by atoms with van der Waals surface area (Å²) in [4.78, 5) is 22.2. The largest absolute Gasteiger partial charge is 0.481 e. The standard InChI is InChI=1S/C18H26INO3/c19-16-12-10-15(11-13-16)18(23)20-14-8-6-4-2-1-3-5-7-9-17(21)22/h10-13H,1-9,14H2,(H,20,23)(H,21,22). The van der Waals surface area contributed by atoms with Gasteiger partial charge in [0.25, 0.3) is 5.91 Å². The quantitative estimate of drug-likeness (QED) is 0.375. The van der Waals surface area contributed by atoms with E-state index in [1.807, 2.05) is 24.3 Å². The molecule has 0 saturated heterocycles. The number of benzene rings is 1. The van der Waals surface area contributed by atoms with Gasteiger partial charge in [0.2, 0.25) is 0 Å². The number of amides is 1. The summed E-state index contributed by atoms with van der Waals surface area (Å²) in [6, 6.07) is 7.57. The van der Waals surface area contributed by atoms with Crippen molar-refractivity contribution in [2.75, 3.05) is 6.54 Å². The summed E-state index contributed by atoms with van der Waals surface area (Å²) in [5, 5.41) is 11.5. The second-order valence-corrected chi connectivity index (χ2v) is 6.98. The van der Waals surface area contributed by atoms with E-state index in [0.717, 1.165) is 42.2 Å². The molecule has 0 heterocycles. The third-order valence-corrected chi connectivity index (χ3v) is 4.43. The van der Waals surface area contributed by atoms with Crippen LogP contribution in [0.25, 0.3) is 0 Å². The van der Waals surface area contributed by atoms with Crippen LogP contribution in [0.2, 0.25) is 0 Å². The maximum Gasteiger partial charge on any atom is 0.303 e. The number of carbonyl (C=O) groups excluding carboxylic acids is 1. The molecule has 1 amide bonds. The first-order valence-electron chi connectivity index (χ1n) is 8.35. The highest BCUT2D eigenvalue weighted by atomic mass is 127. The zero-order chi connectivity index (χ0) is 16.9. The Kier molecular flexibility index (Phi) is 10.7. The second-order valence-electron chi connectivity index (χ2n) is 5.73. The average molecular weight is 431 g/mol. The lowest BCUT2D eigenvalue weighted by Crippen LogP contribution is -2.24. The molecule has 0 aromatic heterocycles. The average Bonchev–Trinajstić information content (AvgIpc) is 2.52. The van der Waals surface area contributed by atoms with Gasteiger partial charge >= 0.3 is 5.97 Å². The third kappa shape index (κ3) is 10.3. The summed E-state index contributed by atoms with van der Waals surface area (Å²) in [6.45, 7) is 0.726. The highest BCUT2D eigenvalue weighted by Gasteiger charge is 2.03. The predicted molar refractivity (Wildman–Crippen MR) is 101 cm³/mol. The zero-order valence-corrected chi connectivity index (χ0v) is 15.7. The summed E-state index contributed by atoms with van der Waals surface area (Å²) in [5.74, 6) is -0.697. The van der Waals surface area contributed by atoms with Crippen molar-refractivity contribution in [1.82, 2.24) is 5.32 Å². The summed E-state index contributed by atoms with van der Waals surface area (Å²) in [6.07, 6.45) is 8.90. The summed E-state index contributed by atoms with van der Waals surface area (Å²) in [5.41, 5.74) is 0.715. The number of nitrogens with one attached hydrogen (secondary N) is 1. The Morgan fingerprint density at radius 1 is 0.870 bits per heavy atom. The van der Waals surface area contributed by atoms with Gasteiger partial charge in [0.15, 0.2) is 0 Å². The number of carboxylic acids is 1. The van der Waals surface area contributed by atoms with Gasteiger partial charge in [0.05, 0.1) is 0 Å². The first kappa shape index (κ1) is 19.9. The minimum atomic E-state index is -0.697. The monoisotopic (exact) mass is 431 g/mol. The summed E-state index contributed by atoms with van der Waals surface area (Å²) >= 11 is 2.22. The van der Waals surface area contributed by atoms with Gasteiger partial charge in [-0.3, -0.25) is 9.59 Å². The fraction of sp³-hybridized carbons (Fsp3) is 0.556. The number of carbonyl (C=O) groups is 2. The van der Waals surface area contributed by atoms with E-state index in [9.17, 15) is 9.59 Å². The third-order valence-electron chi connectivity index (χ3n) is 3.71. The SMILES string of the molecule is O=C(O)CCCCCCCCCCNC(=O)c1ccc(I)cc1. The predicted octanol–water partition coefficient (Wildman–Crippen LogP) is 4.62.